The van der Waals surface area contributed by atoms with Gasteiger partial charge in [-0.05, 0) is 67.0 Å². The molecular formula is C27H28N2O4. The van der Waals surface area contributed by atoms with E-state index in [-0.39, 0.29) is 18.6 Å². The number of pyridine rings is 1. The normalized spacial score (nSPS) is 21.2. The monoisotopic (exact) mass is 444 g/mol. The van der Waals surface area contributed by atoms with Crippen LogP contribution >= 0.6 is 0 Å². The summed E-state index contributed by atoms with van der Waals surface area (Å²) in [6.07, 6.45) is 9.49. The van der Waals surface area contributed by atoms with E-state index >= 15 is 0 Å². The number of aromatic nitrogens is 1. The number of esters is 1. The molecule has 0 bridgehead atoms. The lowest BCUT2D eigenvalue weighted by Crippen LogP contribution is -2.42. The molecule has 2 heterocycles. The molecule has 170 valence electrons. The molecule has 2 aromatic heterocycles. The molecule has 2 atom stereocenters. The molecule has 0 spiro atoms. The number of para-hydroxylation sites is 1. The van der Waals surface area contributed by atoms with Gasteiger partial charge in [-0.15, -0.1) is 0 Å². The number of furan rings is 1. The van der Waals surface area contributed by atoms with Gasteiger partial charge in [0.05, 0.1) is 23.0 Å². The van der Waals surface area contributed by atoms with Crippen LogP contribution in [0.4, 0.5) is 0 Å². The van der Waals surface area contributed by atoms with Gasteiger partial charge >= 0.3 is 5.97 Å². The minimum Gasteiger partial charge on any atom is -0.465 e. The van der Waals surface area contributed by atoms with Gasteiger partial charge in [-0.1, -0.05) is 38.0 Å². The highest BCUT2D eigenvalue weighted by Crippen LogP contribution is 2.37. The highest BCUT2D eigenvalue weighted by Gasteiger charge is 2.29. The zero-order valence-corrected chi connectivity index (χ0v) is 18.8. The molecule has 5 rings (SSSR count). The van der Waals surface area contributed by atoms with Gasteiger partial charge in [0.25, 0.3) is 5.91 Å². The number of amides is 1. The van der Waals surface area contributed by atoms with Crippen LogP contribution in [0.2, 0.25) is 0 Å². The molecule has 1 fully saturated rings. The Labute approximate surface area is 193 Å². The molecule has 2 aliphatic rings. The number of allylic oxidation sites excluding steroid dienone is 1. The summed E-state index contributed by atoms with van der Waals surface area (Å²) in [4.78, 5) is 30.6. The summed E-state index contributed by atoms with van der Waals surface area (Å²) < 4.78 is 11.0. The molecule has 1 saturated carbocycles. The average molecular weight is 445 g/mol. The molecule has 6 nitrogen and oxygen atoms in total. The fourth-order valence-corrected chi connectivity index (χ4v) is 5.04. The Morgan fingerprint density at radius 2 is 2.00 bits per heavy atom. The Morgan fingerprint density at radius 3 is 2.82 bits per heavy atom. The van der Waals surface area contributed by atoms with E-state index in [4.69, 9.17) is 14.1 Å². The predicted molar refractivity (Wildman–Crippen MR) is 126 cm³/mol. The SMILES string of the molecule is C[C@@H]1CCCC[C@H]1NC(=O)COC(=O)c1c2c(nc3ccccc13)/C(=C/c1ccco1)CC2. The van der Waals surface area contributed by atoms with E-state index in [9.17, 15) is 9.59 Å². The van der Waals surface area contributed by atoms with Crippen LogP contribution < -0.4 is 5.32 Å². The van der Waals surface area contributed by atoms with E-state index < -0.39 is 5.97 Å². The van der Waals surface area contributed by atoms with Gasteiger partial charge in [0.2, 0.25) is 0 Å². The third-order valence-corrected chi connectivity index (χ3v) is 6.80. The molecule has 1 amide bonds. The van der Waals surface area contributed by atoms with Gasteiger partial charge in [-0.3, -0.25) is 4.79 Å². The number of benzene rings is 1. The van der Waals surface area contributed by atoms with Crippen LogP contribution in [-0.2, 0) is 16.0 Å². The Hall–Kier alpha value is -3.41. The van der Waals surface area contributed by atoms with Gasteiger partial charge in [-0.2, -0.15) is 0 Å². The van der Waals surface area contributed by atoms with Crippen molar-refractivity contribution in [2.45, 2.75) is 51.5 Å². The van der Waals surface area contributed by atoms with Gasteiger partial charge in [0, 0.05) is 11.4 Å². The van der Waals surface area contributed by atoms with Crippen LogP contribution in [0.3, 0.4) is 0 Å². The maximum atomic E-state index is 13.2. The van der Waals surface area contributed by atoms with E-state index in [1.54, 1.807) is 6.26 Å². The first-order valence-electron chi connectivity index (χ1n) is 11.7. The zero-order valence-electron chi connectivity index (χ0n) is 18.8. The number of carbonyl (C=O) groups excluding carboxylic acids is 2. The number of rotatable bonds is 5. The van der Waals surface area contributed by atoms with Crippen molar-refractivity contribution in [1.82, 2.24) is 10.3 Å². The van der Waals surface area contributed by atoms with Gasteiger partial charge in [0.1, 0.15) is 5.76 Å². The highest BCUT2D eigenvalue weighted by atomic mass is 16.5. The minimum atomic E-state index is -0.476. The van der Waals surface area contributed by atoms with Crippen molar-refractivity contribution in [1.29, 1.82) is 0 Å². The van der Waals surface area contributed by atoms with Crippen LogP contribution in [0, 0.1) is 5.92 Å². The number of hydrogen-bond acceptors (Lipinski definition) is 5. The summed E-state index contributed by atoms with van der Waals surface area (Å²) in [5.74, 6) is 0.488. The Bertz CT molecular complexity index is 1210. The standard InChI is InChI=1S/C27H28N2O4/c1-17-7-2-4-10-22(17)28-24(30)16-33-27(31)25-20-9-3-5-11-23(20)29-26-18(12-13-21(25)26)15-19-8-6-14-32-19/h3,5-6,8-9,11,14-15,17,22H,2,4,7,10,12-13,16H2,1H3,(H,28,30)/b18-15+/t17-,22-/m1/s1. The Morgan fingerprint density at radius 1 is 1.15 bits per heavy atom. The molecular weight excluding hydrogens is 416 g/mol. The zero-order chi connectivity index (χ0) is 22.8. The van der Waals surface area contributed by atoms with Crippen LogP contribution in [0.15, 0.2) is 47.1 Å². The third-order valence-electron chi connectivity index (χ3n) is 6.80. The number of fused-ring (bicyclic) bond motifs is 2. The molecule has 6 heteroatoms. The van der Waals surface area contributed by atoms with Gasteiger partial charge in [-0.25, -0.2) is 9.78 Å². The second-order valence-corrected chi connectivity index (χ2v) is 9.03. The number of nitrogens with one attached hydrogen (secondary N) is 1. The van der Waals surface area contributed by atoms with Crippen molar-refractivity contribution < 1.29 is 18.7 Å². The molecule has 0 radical (unpaired) electrons. The predicted octanol–water partition coefficient (Wildman–Crippen LogP) is 5.17. The lowest BCUT2D eigenvalue weighted by molar-refractivity contribution is -0.125. The smallest absolute Gasteiger partial charge is 0.339 e. The van der Waals surface area contributed by atoms with Crippen molar-refractivity contribution in [2.75, 3.05) is 6.61 Å². The molecule has 0 aliphatic heterocycles. The molecule has 0 unspecified atom stereocenters. The van der Waals surface area contributed by atoms with Crippen molar-refractivity contribution in [3.63, 3.8) is 0 Å². The van der Waals surface area contributed by atoms with Gasteiger partial charge in [0.15, 0.2) is 6.61 Å². The summed E-state index contributed by atoms with van der Waals surface area (Å²) in [5.41, 5.74) is 3.95. The van der Waals surface area contributed by atoms with Crippen molar-refractivity contribution in [3.8, 4) is 0 Å². The minimum absolute atomic E-state index is 0.158. The molecule has 33 heavy (non-hydrogen) atoms. The van der Waals surface area contributed by atoms with Crippen LogP contribution in [0.1, 0.15) is 66.4 Å². The second kappa shape index (κ2) is 9.22. The Balaban J connectivity index is 1.39. The fourth-order valence-electron chi connectivity index (χ4n) is 5.04. The summed E-state index contributed by atoms with van der Waals surface area (Å²) >= 11 is 0. The van der Waals surface area contributed by atoms with Crippen molar-refractivity contribution >= 4 is 34.4 Å². The number of ether oxygens (including phenoxy) is 1. The largest absolute Gasteiger partial charge is 0.465 e. The molecule has 1 N–H and O–H groups in total. The maximum Gasteiger partial charge on any atom is 0.339 e. The maximum absolute atomic E-state index is 13.2. The summed E-state index contributed by atoms with van der Waals surface area (Å²) in [7, 11) is 0. The first-order valence-corrected chi connectivity index (χ1v) is 11.7. The molecule has 2 aliphatic carbocycles. The fraction of sp³-hybridized carbons (Fsp3) is 0.370. The summed E-state index contributed by atoms with van der Waals surface area (Å²) in [6.45, 7) is 1.89. The van der Waals surface area contributed by atoms with Crippen LogP contribution in [-0.4, -0.2) is 29.5 Å². The van der Waals surface area contributed by atoms with E-state index in [1.807, 2.05) is 42.5 Å². The van der Waals surface area contributed by atoms with E-state index in [2.05, 4.69) is 12.2 Å². The summed E-state index contributed by atoms with van der Waals surface area (Å²) in [5, 5.41) is 3.80. The lowest BCUT2D eigenvalue weighted by atomic mass is 9.86. The number of hydrogen-bond donors (Lipinski definition) is 1. The van der Waals surface area contributed by atoms with E-state index in [0.29, 0.717) is 17.9 Å². The topological polar surface area (TPSA) is 81.4 Å². The molecule has 0 saturated heterocycles. The number of nitrogens with zero attached hydrogens (tertiary/aromatic N) is 1. The third kappa shape index (κ3) is 4.42. The quantitative estimate of drug-likeness (QED) is 0.549. The van der Waals surface area contributed by atoms with Crippen molar-refractivity contribution in [3.05, 3.63) is 65.2 Å². The number of carbonyl (C=O) groups is 2. The van der Waals surface area contributed by atoms with Crippen LogP contribution in [0.25, 0.3) is 22.6 Å². The average Bonchev–Trinajstić information content (AvgIpc) is 3.48. The van der Waals surface area contributed by atoms with Crippen LogP contribution in [0.5, 0.6) is 0 Å². The molecule has 3 aromatic rings. The van der Waals surface area contributed by atoms with Gasteiger partial charge < -0.3 is 14.5 Å². The summed E-state index contributed by atoms with van der Waals surface area (Å²) in [6, 6.07) is 11.5. The van der Waals surface area contributed by atoms with E-state index in [1.165, 1.54) is 6.42 Å². The second-order valence-electron chi connectivity index (χ2n) is 9.03. The molecule has 1 aromatic carbocycles. The van der Waals surface area contributed by atoms with Crippen molar-refractivity contribution in [2.24, 2.45) is 5.92 Å². The first-order chi connectivity index (χ1) is 16.1. The lowest BCUT2D eigenvalue weighted by Gasteiger charge is -2.29. The highest BCUT2D eigenvalue weighted by molar-refractivity contribution is 6.07. The Kier molecular flexibility index (Phi) is 5.99. The first kappa shape index (κ1) is 21.4. The van der Waals surface area contributed by atoms with E-state index in [0.717, 1.165) is 59.2 Å².